The lowest BCUT2D eigenvalue weighted by Gasteiger charge is -2.11. The van der Waals surface area contributed by atoms with Crippen molar-refractivity contribution >= 4 is 71.2 Å². The molecule has 11 aromatic rings. The molecular formula is C44H26N4. The van der Waals surface area contributed by atoms with E-state index in [2.05, 4.69) is 148 Å². The fourth-order valence-corrected chi connectivity index (χ4v) is 7.95. The molecule has 4 heterocycles. The average molecular weight is 611 g/mol. The molecule has 11 rings (SSSR count). The van der Waals surface area contributed by atoms with Gasteiger partial charge in [-0.05, 0) is 70.8 Å². The van der Waals surface area contributed by atoms with Crippen LogP contribution in [0.5, 0.6) is 0 Å². The summed E-state index contributed by atoms with van der Waals surface area (Å²) in [7, 11) is 0. The van der Waals surface area contributed by atoms with Gasteiger partial charge in [-0.15, -0.1) is 0 Å². The summed E-state index contributed by atoms with van der Waals surface area (Å²) in [6.45, 7) is 0. The number of rotatable bonds is 3. The summed E-state index contributed by atoms with van der Waals surface area (Å²) in [4.78, 5) is 10.3. The lowest BCUT2D eigenvalue weighted by Crippen LogP contribution is -1.94. The Labute approximate surface area is 275 Å². The van der Waals surface area contributed by atoms with Gasteiger partial charge in [0.2, 0.25) is 0 Å². The molecule has 0 aliphatic heterocycles. The Balaban J connectivity index is 1.30. The minimum absolute atomic E-state index is 0.901. The highest BCUT2D eigenvalue weighted by Gasteiger charge is 2.24. The molecule has 0 saturated carbocycles. The fourth-order valence-electron chi connectivity index (χ4n) is 7.95. The number of fused-ring (bicyclic) bond motifs is 11. The normalized spacial score (nSPS) is 12.2. The highest BCUT2D eigenvalue weighted by atomic mass is 15.0. The van der Waals surface area contributed by atoms with Crippen molar-refractivity contribution in [1.82, 2.24) is 18.9 Å². The third kappa shape index (κ3) is 3.43. The minimum atomic E-state index is 0.901. The number of para-hydroxylation sites is 3. The Morgan fingerprint density at radius 3 is 1.79 bits per heavy atom. The summed E-state index contributed by atoms with van der Waals surface area (Å²) in [5, 5.41) is 6.09. The van der Waals surface area contributed by atoms with Gasteiger partial charge in [-0.25, -0.2) is 9.97 Å². The molecule has 4 nitrogen and oxygen atoms in total. The van der Waals surface area contributed by atoms with Crippen molar-refractivity contribution in [2.75, 3.05) is 0 Å². The molecule has 0 N–H and O–H groups in total. The van der Waals surface area contributed by atoms with Gasteiger partial charge in [0.25, 0.3) is 0 Å². The Bertz CT molecular complexity index is 3040. The fraction of sp³-hybridized carbons (Fsp3) is 0. The molecule has 7 aromatic carbocycles. The summed E-state index contributed by atoms with van der Waals surface area (Å²) in [6, 6.07) is 56.5. The second kappa shape index (κ2) is 9.50. The lowest BCUT2D eigenvalue weighted by atomic mass is 10.0. The van der Waals surface area contributed by atoms with Gasteiger partial charge in [0.1, 0.15) is 5.52 Å². The van der Waals surface area contributed by atoms with Crippen LogP contribution in [0.2, 0.25) is 0 Å². The molecule has 0 radical (unpaired) electrons. The highest BCUT2D eigenvalue weighted by Crippen LogP contribution is 2.45. The van der Waals surface area contributed by atoms with Crippen molar-refractivity contribution in [3.63, 3.8) is 0 Å². The van der Waals surface area contributed by atoms with E-state index in [0.717, 1.165) is 38.8 Å². The van der Waals surface area contributed by atoms with Crippen LogP contribution >= 0.6 is 0 Å². The van der Waals surface area contributed by atoms with Crippen molar-refractivity contribution in [3.05, 3.63) is 158 Å². The number of hydrogen-bond donors (Lipinski definition) is 0. The van der Waals surface area contributed by atoms with Gasteiger partial charge in [-0.2, -0.15) is 0 Å². The van der Waals surface area contributed by atoms with Gasteiger partial charge in [0.05, 0.1) is 33.1 Å². The summed E-state index contributed by atoms with van der Waals surface area (Å²) < 4.78 is 4.78. The predicted octanol–water partition coefficient (Wildman–Crippen LogP) is 11.2. The first-order chi connectivity index (χ1) is 23.8. The van der Waals surface area contributed by atoms with Crippen LogP contribution in [0.4, 0.5) is 0 Å². The molecule has 222 valence electrons. The zero-order valence-corrected chi connectivity index (χ0v) is 25.8. The average Bonchev–Trinajstić information content (AvgIpc) is 3.79. The van der Waals surface area contributed by atoms with E-state index in [9.17, 15) is 0 Å². The van der Waals surface area contributed by atoms with Gasteiger partial charge in [0.15, 0.2) is 5.65 Å². The van der Waals surface area contributed by atoms with Crippen LogP contribution in [-0.4, -0.2) is 18.9 Å². The summed E-state index contributed by atoms with van der Waals surface area (Å²) in [5.41, 5.74) is 14.3. The van der Waals surface area contributed by atoms with Crippen LogP contribution in [0.3, 0.4) is 0 Å². The Hall–Kier alpha value is -6.52. The van der Waals surface area contributed by atoms with Crippen molar-refractivity contribution in [2.24, 2.45) is 0 Å². The zero-order valence-electron chi connectivity index (χ0n) is 25.8. The Morgan fingerprint density at radius 1 is 0.396 bits per heavy atom. The van der Waals surface area contributed by atoms with Crippen LogP contribution in [0.25, 0.3) is 99.1 Å². The highest BCUT2D eigenvalue weighted by molar-refractivity contribution is 6.32. The molecule has 4 heteroatoms. The van der Waals surface area contributed by atoms with Crippen LogP contribution in [0.15, 0.2) is 158 Å². The molecule has 0 amide bonds. The summed E-state index contributed by atoms with van der Waals surface area (Å²) in [6.07, 6.45) is 0. The minimum Gasteiger partial charge on any atom is -0.309 e. The second-order valence-electron chi connectivity index (χ2n) is 12.6. The number of nitrogens with zero attached hydrogens (tertiary/aromatic N) is 4. The van der Waals surface area contributed by atoms with Crippen molar-refractivity contribution in [3.8, 4) is 27.9 Å². The van der Waals surface area contributed by atoms with E-state index < -0.39 is 0 Å². The van der Waals surface area contributed by atoms with Crippen molar-refractivity contribution in [1.29, 1.82) is 0 Å². The molecule has 48 heavy (non-hydrogen) atoms. The van der Waals surface area contributed by atoms with E-state index in [0.29, 0.717) is 0 Å². The lowest BCUT2D eigenvalue weighted by molar-refractivity contribution is 1.18. The first-order valence-corrected chi connectivity index (χ1v) is 16.3. The third-order valence-corrected chi connectivity index (χ3v) is 10.0. The van der Waals surface area contributed by atoms with Gasteiger partial charge in [0, 0.05) is 32.6 Å². The standard InChI is InChI=1S/C44H26N4/c1-3-11-27(12-4-1)29-15-9-16-31(25-29)47-37-22-21-30(28-13-5-2-6-14-28)26-34(37)41-38(47)23-24-39-40(41)32-17-10-18-33-42-44(48(39)43(32)33)46-36-20-8-7-19-35(36)45-42/h1-26H. The molecule has 0 spiro atoms. The van der Waals surface area contributed by atoms with Crippen LogP contribution in [0, 0.1) is 0 Å². The number of benzene rings is 7. The third-order valence-electron chi connectivity index (χ3n) is 10.0. The van der Waals surface area contributed by atoms with E-state index in [1.807, 2.05) is 18.2 Å². The number of aromatic nitrogens is 4. The van der Waals surface area contributed by atoms with Crippen molar-refractivity contribution < 1.29 is 0 Å². The Morgan fingerprint density at radius 2 is 1.00 bits per heavy atom. The van der Waals surface area contributed by atoms with Crippen molar-refractivity contribution in [2.45, 2.75) is 0 Å². The molecule has 4 aromatic heterocycles. The quantitative estimate of drug-likeness (QED) is 0.199. The second-order valence-corrected chi connectivity index (χ2v) is 12.6. The van der Waals surface area contributed by atoms with E-state index in [4.69, 9.17) is 9.97 Å². The summed E-state index contributed by atoms with van der Waals surface area (Å²) in [5.74, 6) is 0. The molecule has 0 aliphatic rings. The van der Waals surface area contributed by atoms with E-state index >= 15 is 0 Å². The van der Waals surface area contributed by atoms with Crippen LogP contribution < -0.4 is 0 Å². The zero-order chi connectivity index (χ0) is 31.3. The van der Waals surface area contributed by atoms with E-state index in [1.54, 1.807) is 0 Å². The van der Waals surface area contributed by atoms with E-state index in [1.165, 1.54) is 60.3 Å². The van der Waals surface area contributed by atoms with E-state index in [-0.39, 0.29) is 0 Å². The predicted molar refractivity (Wildman–Crippen MR) is 199 cm³/mol. The van der Waals surface area contributed by atoms with Gasteiger partial charge >= 0.3 is 0 Å². The molecule has 0 fully saturated rings. The van der Waals surface area contributed by atoms with Gasteiger partial charge in [-0.3, -0.25) is 4.40 Å². The smallest absolute Gasteiger partial charge is 0.165 e. The first kappa shape index (κ1) is 25.6. The first-order valence-electron chi connectivity index (χ1n) is 16.3. The maximum absolute atomic E-state index is 5.20. The SMILES string of the molecule is c1ccc(-c2cccc(-n3c4ccc(-c5ccccc5)cc4c4c5c6cccc7c8nc9ccccc9nc8n(c5ccc43)c76)c2)cc1. The van der Waals surface area contributed by atoms with Gasteiger partial charge in [-0.1, -0.05) is 109 Å². The Kier molecular flexibility index (Phi) is 5.08. The maximum atomic E-state index is 5.20. The molecule has 0 bridgehead atoms. The topological polar surface area (TPSA) is 35.1 Å². The number of hydrogen-bond acceptors (Lipinski definition) is 2. The monoisotopic (exact) mass is 610 g/mol. The molecule has 0 saturated heterocycles. The molecular weight excluding hydrogens is 585 g/mol. The largest absolute Gasteiger partial charge is 0.309 e. The van der Waals surface area contributed by atoms with Crippen LogP contribution in [0.1, 0.15) is 0 Å². The molecule has 0 unspecified atom stereocenters. The molecule has 0 atom stereocenters. The molecule has 0 aliphatic carbocycles. The van der Waals surface area contributed by atoms with Crippen LogP contribution in [-0.2, 0) is 0 Å². The van der Waals surface area contributed by atoms with Gasteiger partial charge < -0.3 is 4.57 Å². The summed E-state index contributed by atoms with van der Waals surface area (Å²) >= 11 is 0. The maximum Gasteiger partial charge on any atom is 0.165 e.